The molecule has 10 rings (SSSR count). The Hall–Kier alpha value is -11.9. The molecule has 8 aromatic rings. The van der Waals surface area contributed by atoms with Crippen molar-refractivity contribution in [1.29, 1.82) is 0 Å². The van der Waals surface area contributed by atoms with Gasteiger partial charge in [0, 0.05) is 161 Å². The van der Waals surface area contributed by atoms with Crippen LogP contribution in [-0.4, -0.2) is 187 Å². The number of carbonyl (C=O) groups is 3. The lowest BCUT2D eigenvalue weighted by atomic mass is 10.1. The minimum absolute atomic E-state index is 0.183. The first-order chi connectivity index (χ1) is 51.5. The van der Waals surface area contributed by atoms with Gasteiger partial charge in [0.15, 0.2) is 0 Å². The Morgan fingerprint density at radius 2 is 0.664 bits per heavy atom. The van der Waals surface area contributed by atoms with Crippen molar-refractivity contribution >= 4 is 30.3 Å². The number of methoxy groups -OCH3 is 4. The number of hydrogen-bond donors (Lipinski definition) is 1. The van der Waals surface area contributed by atoms with Gasteiger partial charge in [-0.05, 0) is 170 Å². The lowest BCUT2D eigenvalue weighted by Crippen LogP contribution is -2.42. The Kier molecular flexibility index (Phi) is 32.9. The molecular weight excluding hydrogens is 1350 g/mol. The summed E-state index contributed by atoms with van der Waals surface area (Å²) in [6, 6.07) is 46.8. The van der Waals surface area contributed by atoms with E-state index in [0.29, 0.717) is 75.7 Å². The zero-order chi connectivity index (χ0) is 77.1. The molecule has 0 aliphatic carbocycles. The smallest absolute Gasteiger partial charge is 0.410 e. The molecule has 1 N–H and O–H groups in total. The number of hydrogen-bond acceptors (Lipinski definition) is 21. The van der Waals surface area contributed by atoms with Gasteiger partial charge in [-0.1, -0.05) is 82.8 Å². The van der Waals surface area contributed by atoms with Gasteiger partial charge in [-0.15, -0.1) is 0 Å². The van der Waals surface area contributed by atoms with E-state index in [4.69, 9.17) is 52.8 Å². The maximum Gasteiger partial charge on any atom is 0.410 e. The van der Waals surface area contributed by atoms with Crippen molar-refractivity contribution in [3.8, 4) is 58.9 Å². The van der Waals surface area contributed by atoms with E-state index in [1.165, 1.54) is 25.3 Å². The van der Waals surface area contributed by atoms with E-state index in [0.717, 1.165) is 119 Å². The molecule has 2 saturated heterocycles. The van der Waals surface area contributed by atoms with Crippen LogP contribution in [0.4, 0.5) is 4.79 Å². The zero-order valence-corrected chi connectivity index (χ0v) is 62.6. The van der Waals surface area contributed by atoms with Crippen LogP contribution in [0.3, 0.4) is 0 Å². The van der Waals surface area contributed by atoms with E-state index in [-0.39, 0.29) is 29.8 Å². The van der Waals surface area contributed by atoms with Crippen LogP contribution < -0.4 is 14.8 Å². The minimum atomic E-state index is -0.627. The highest BCUT2D eigenvalue weighted by Gasteiger charge is 2.26. The first-order valence-corrected chi connectivity index (χ1v) is 34.8. The summed E-state index contributed by atoms with van der Waals surface area (Å²) in [5, 5.41) is 3.57. The normalized spacial score (nSPS) is 13.3. The first-order valence-electron chi connectivity index (χ1n) is 34.8. The molecule has 552 valence electrons. The summed E-state index contributed by atoms with van der Waals surface area (Å²) in [5.41, 5.74) is 14.3. The lowest BCUT2D eigenvalue weighted by molar-refractivity contribution is -0.193. The van der Waals surface area contributed by atoms with Crippen molar-refractivity contribution in [2.45, 2.75) is 80.2 Å². The topological polar surface area (TPSA) is 245 Å². The summed E-state index contributed by atoms with van der Waals surface area (Å²) < 4.78 is 26.3. The lowest BCUT2D eigenvalue weighted by Gasteiger charge is -2.29. The fraction of sp³-hybridized carbons (Fsp3) is 0.329. The Bertz CT molecular complexity index is 4630. The van der Waals surface area contributed by atoms with E-state index in [1.807, 2.05) is 126 Å². The highest BCUT2D eigenvalue weighted by Crippen LogP contribution is 2.20. The maximum absolute atomic E-state index is 13.4. The third kappa shape index (κ3) is 29.3. The first kappa shape index (κ1) is 82.4. The standard InChI is InChI=1S/C44H49N5O5.C39H41N5O3.2CO2/c1-32-8-10-34(11-9-32)12-14-36-26-33(2)45-38(27-36)30-47-20-21-48(23-25-49(24-22-47)43(51)54-44(3,4)5)31-39-28-37(29-41(46-39)42(50)53-7)15-13-35-16-18-40(52-6)19-17-35;1-29-5-7-31(8-6-29)9-11-33-23-30(2)41-35(24-33)27-43-19-17-40-18-20-44(22-21-43)28-36-25-34(26-38(42-36)39(45)47-4)12-10-32-13-15-37(46-3)16-14-32;2*2-1-3/h8-11,16-19,26-29H,20-25,30-31H2,1-7H3;5-8,13-16,23-26,40H,17-22,27-28H2,1-4H3;;. The van der Waals surface area contributed by atoms with Gasteiger partial charge in [0.25, 0.3) is 0 Å². The van der Waals surface area contributed by atoms with Crippen LogP contribution in [0.2, 0.25) is 0 Å². The Morgan fingerprint density at radius 3 is 0.972 bits per heavy atom. The zero-order valence-electron chi connectivity index (χ0n) is 62.6. The van der Waals surface area contributed by atoms with E-state index in [2.05, 4.69) is 139 Å². The summed E-state index contributed by atoms with van der Waals surface area (Å²) in [4.78, 5) is 101. The molecule has 4 aromatic heterocycles. The van der Waals surface area contributed by atoms with Crippen LogP contribution in [0.1, 0.15) is 132 Å². The monoisotopic (exact) mass is 1440 g/mol. The number of pyridine rings is 4. The molecule has 2 aliphatic heterocycles. The molecule has 0 bridgehead atoms. The van der Waals surface area contributed by atoms with Crippen molar-refractivity contribution in [3.05, 3.63) is 247 Å². The van der Waals surface area contributed by atoms with Crippen molar-refractivity contribution < 1.29 is 57.2 Å². The van der Waals surface area contributed by atoms with E-state index >= 15 is 0 Å². The number of ether oxygens (including phenoxy) is 5. The Morgan fingerprint density at radius 1 is 0.383 bits per heavy atom. The van der Waals surface area contributed by atoms with Gasteiger partial charge in [-0.25, -0.2) is 24.4 Å². The van der Waals surface area contributed by atoms with Crippen molar-refractivity contribution in [3.63, 3.8) is 0 Å². The van der Waals surface area contributed by atoms with Gasteiger partial charge in [-0.3, -0.25) is 29.6 Å². The summed E-state index contributed by atoms with van der Waals surface area (Å²) in [5.74, 6) is 26.4. The van der Waals surface area contributed by atoms with Gasteiger partial charge in [-0.2, -0.15) is 19.2 Å². The number of rotatable bonds is 12. The molecular formula is C85H90N10O12. The maximum atomic E-state index is 13.4. The van der Waals surface area contributed by atoms with Crippen molar-refractivity contribution in [1.82, 2.24) is 49.8 Å². The van der Waals surface area contributed by atoms with Crippen LogP contribution in [-0.2, 0) is 59.6 Å². The minimum Gasteiger partial charge on any atom is -0.497 e. The molecule has 6 heterocycles. The largest absolute Gasteiger partial charge is 0.497 e. The molecule has 2 aliphatic rings. The SMILES string of the molecule is COC(=O)c1cc(C#Cc2ccc(OC)cc2)cc(CN2CCN(Cc3cc(C#Cc4ccc(C)cc4)cc(C)n3)CCN(C(=O)OC(C)(C)C)CC2)n1.COC(=O)c1cc(C#Cc2ccc(OC)cc2)cc(CN2CCNCCN(Cc3cc(C#Cc4ccc(C)cc4)cc(C)n3)CC2)n1.O=C=O.O=C=O. The molecule has 0 spiro atoms. The Labute approximate surface area is 627 Å². The van der Waals surface area contributed by atoms with E-state index < -0.39 is 17.5 Å². The van der Waals surface area contributed by atoms with Crippen LogP contribution >= 0.6 is 0 Å². The molecule has 4 aromatic carbocycles. The number of benzene rings is 4. The number of esters is 2. The fourth-order valence-electron chi connectivity index (χ4n) is 11.2. The Balaban J connectivity index is 0.000000280. The van der Waals surface area contributed by atoms with Crippen LogP contribution in [0, 0.1) is 75.1 Å². The van der Waals surface area contributed by atoms with Gasteiger partial charge in [0.05, 0.1) is 51.2 Å². The molecule has 22 nitrogen and oxygen atoms in total. The number of amides is 1. The van der Waals surface area contributed by atoms with Gasteiger partial charge < -0.3 is 33.9 Å². The number of aromatic nitrogens is 4. The van der Waals surface area contributed by atoms with Crippen LogP contribution in [0.5, 0.6) is 11.5 Å². The fourth-order valence-corrected chi connectivity index (χ4v) is 11.2. The van der Waals surface area contributed by atoms with E-state index in [9.17, 15) is 14.4 Å². The third-order valence-electron chi connectivity index (χ3n) is 16.5. The predicted molar refractivity (Wildman–Crippen MR) is 403 cm³/mol. The summed E-state index contributed by atoms with van der Waals surface area (Å²) in [6.07, 6.45) is 0.147. The second-order valence-corrected chi connectivity index (χ2v) is 26.1. The summed E-state index contributed by atoms with van der Waals surface area (Å²) in [6.45, 7) is 24.9. The van der Waals surface area contributed by atoms with E-state index in [1.54, 1.807) is 31.3 Å². The molecule has 0 saturated carbocycles. The van der Waals surface area contributed by atoms with Crippen molar-refractivity contribution in [2.75, 3.05) is 107 Å². The highest BCUT2D eigenvalue weighted by atomic mass is 16.6. The third-order valence-corrected chi connectivity index (χ3v) is 16.5. The van der Waals surface area contributed by atoms with Crippen LogP contribution in [0.25, 0.3) is 0 Å². The predicted octanol–water partition coefficient (Wildman–Crippen LogP) is 9.67. The quantitative estimate of drug-likeness (QED) is 0.0679. The molecule has 0 radical (unpaired) electrons. The van der Waals surface area contributed by atoms with Crippen LogP contribution in [0.15, 0.2) is 146 Å². The molecule has 1 amide bonds. The van der Waals surface area contributed by atoms with Gasteiger partial charge in [0.1, 0.15) is 28.5 Å². The summed E-state index contributed by atoms with van der Waals surface area (Å²) in [7, 11) is 5.96. The summed E-state index contributed by atoms with van der Waals surface area (Å²) >= 11 is 0. The number of aryl methyl sites for hydroxylation is 4. The van der Waals surface area contributed by atoms with Crippen molar-refractivity contribution in [2.24, 2.45) is 0 Å². The second kappa shape index (κ2) is 42.8. The number of nitrogens with zero attached hydrogens (tertiary/aromatic N) is 9. The molecule has 0 atom stereocenters. The number of nitrogens with one attached hydrogen (secondary N) is 1. The molecule has 2 fully saturated rings. The van der Waals surface area contributed by atoms with Gasteiger partial charge in [0.2, 0.25) is 0 Å². The molecule has 107 heavy (non-hydrogen) atoms. The average molecular weight is 1440 g/mol. The molecule has 0 unspecified atom stereocenters. The highest BCUT2D eigenvalue weighted by molar-refractivity contribution is 5.88. The second-order valence-electron chi connectivity index (χ2n) is 26.1. The van der Waals surface area contributed by atoms with Gasteiger partial charge >= 0.3 is 30.3 Å². The average Bonchev–Trinajstić information content (AvgIpc) is 1.55. The number of carbonyl (C=O) groups excluding carboxylic acids is 7. The molecule has 22 heteroatoms.